The number of nitro benzene ring substituents is 1. The van der Waals surface area contributed by atoms with Crippen LogP contribution in [0.5, 0.6) is 0 Å². The fourth-order valence-electron chi connectivity index (χ4n) is 2.55. The van der Waals surface area contributed by atoms with E-state index in [2.05, 4.69) is 19.8 Å². The van der Waals surface area contributed by atoms with Gasteiger partial charge in [-0.1, -0.05) is 0 Å². The van der Waals surface area contributed by atoms with Crippen molar-refractivity contribution in [1.29, 1.82) is 0 Å². The molecule has 21 heavy (non-hydrogen) atoms. The number of hydrogen-bond donors (Lipinski definition) is 1. The molecule has 2 heterocycles. The molecule has 1 N–H and O–H groups in total. The molecular weight excluding hydrogens is 294 g/mol. The van der Waals surface area contributed by atoms with Crippen LogP contribution in [0.4, 0.5) is 11.6 Å². The van der Waals surface area contributed by atoms with Gasteiger partial charge in [0, 0.05) is 50.7 Å². The summed E-state index contributed by atoms with van der Waals surface area (Å²) in [6, 6.07) is 4.68. The Hall–Kier alpha value is -1.86. The van der Waals surface area contributed by atoms with Crippen molar-refractivity contribution < 1.29 is 4.92 Å². The minimum absolute atomic E-state index is 0.0737. The van der Waals surface area contributed by atoms with Gasteiger partial charge >= 0.3 is 0 Å². The second-order valence-corrected chi connectivity index (χ2v) is 5.41. The van der Waals surface area contributed by atoms with Gasteiger partial charge in [0.05, 0.1) is 16.0 Å². The van der Waals surface area contributed by atoms with E-state index in [1.54, 1.807) is 6.07 Å². The molecule has 1 saturated heterocycles. The molecule has 7 nitrogen and oxygen atoms in total. The Balaban J connectivity index is 1.77. The molecule has 8 heteroatoms. The van der Waals surface area contributed by atoms with Crippen LogP contribution in [0.15, 0.2) is 18.2 Å². The van der Waals surface area contributed by atoms with Crippen LogP contribution in [-0.4, -0.2) is 58.4 Å². The molecule has 0 unspecified atom stereocenters. The highest BCUT2D eigenvalue weighted by Crippen LogP contribution is 2.22. The number of rotatable bonds is 4. The molecule has 1 aliphatic rings. The predicted molar refractivity (Wildman–Crippen MR) is 82.1 cm³/mol. The maximum Gasteiger partial charge on any atom is 0.271 e. The predicted octanol–water partition coefficient (Wildman–Crippen LogP) is 1.83. The van der Waals surface area contributed by atoms with Crippen molar-refractivity contribution >= 4 is 34.3 Å². The maximum absolute atomic E-state index is 10.8. The lowest BCUT2D eigenvalue weighted by Gasteiger charge is -2.34. The van der Waals surface area contributed by atoms with E-state index in [0.717, 1.165) is 44.2 Å². The number of H-pyrrole nitrogens is 1. The Morgan fingerprint density at radius 1 is 1.33 bits per heavy atom. The van der Waals surface area contributed by atoms with E-state index in [4.69, 9.17) is 11.6 Å². The Bertz CT molecular complexity index is 651. The van der Waals surface area contributed by atoms with E-state index in [-0.39, 0.29) is 5.69 Å². The van der Waals surface area contributed by atoms with Crippen LogP contribution < -0.4 is 4.90 Å². The number of aromatic nitrogens is 2. The van der Waals surface area contributed by atoms with Crippen LogP contribution in [0, 0.1) is 10.1 Å². The molecule has 0 spiro atoms. The van der Waals surface area contributed by atoms with E-state index >= 15 is 0 Å². The Kier molecular flexibility index (Phi) is 3.94. The summed E-state index contributed by atoms with van der Waals surface area (Å²) >= 11 is 5.75. The number of halogens is 1. The van der Waals surface area contributed by atoms with E-state index in [9.17, 15) is 10.1 Å². The summed E-state index contributed by atoms with van der Waals surface area (Å²) in [5, 5.41) is 10.8. The molecule has 0 aliphatic carbocycles. The van der Waals surface area contributed by atoms with Crippen molar-refractivity contribution in [2.24, 2.45) is 0 Å². The molecule has 1 aliphatic heterocycles. The van der Waals surface area contributed by atoms with E-state index in [1.807, 2.05) is 0 Å². The smallest absolute Gasteiger partial charge is 0.271 e. The van der Waals surface area contributed by atoms with Crippen LogP contribution in [0.3, 0.4) is 0 Å². The second-order valence-electron chi connectivity index (χ2n) is 5.04. The van der Waals surface area contributed by atoms with Crippen LogP contribution in [0.1, 0.15) is 0 Å². The third-order valence-electron chi connectivity index (χ3n) is 3.74. The van der Waals surface area contributed by atoms with Gasteiger partial charge in [-0.15, -0.1) is 11.6 Å². The average molecular weight is 310 g/mol. The number of anilines is 1. The van der Waals surface area contributed by atoms with E-state index < -0.39 is 4.92 Å². The van der Waals surface area contributed by atoms with Gasteiger partial charge in [-0.25, -0.2) is 4.98 Å². The van der Waals surface area contributed by atoms with Crippen molar-refractivity contribution in [2.75, 3.05) is 43.5 Å². The number of aromatic amines is 1. The summed E-state index contributed by atoms with van der Waals surface area (Å²) in [6.45, 7) is 4.55. The fourth-order valence-corrected chi connectivity index (χ4v) is 2.79. The number of nitrogens with zero attached hydrogens (tertiary/aromatic N) is 4. The summed E-state index contributed by atoms with van der Waals surface area (Å²) < 4.78 is 0. The number of piperazine rings is 1. The first-order valence-corrected chi connectivity index (χ1v) is 7.38. The zero-order valence-electron chi connectivity index (χ0n) is 11.5. The van der Waals surface area contributed by atoms with E-state index in [0.29, 0.717) is 11.4 Å². The average Bonchev–Trinajstić information content (AvgIpc) is 2.91. The largest absolute Gasteiger partial charge is 0.340 e. The highest BCUT2D eigenvalue weighted by molar-refractivity contribution is 6.18. The van der Waals surface area contributed by atoms with Crippen LogP contribution in [0.25, 0.3) is 11.0 Å². The number of nitro groups is 1. The van der Waals surface area contributed by atoms with Gasteiger partial charge in [0.15, 0.2) is 0 Å². The first-order chi connectivity index (χ1) is 10.2. The zero-order valence-corrected chi connectivity index (χ0v) is 12.2. The van der Waals surface area contributed by atoms with E-state index in [1.165, 1.54) is 12.1 Å². The Morgan fingerprint density at radius 3 is 2.76 bits per heavy atom. The maximum atomic E-state index is 10.8. The first-order valence-electron chi connectivity index (χ1n) is 6.85. The van der Waals surface area contributed by atoms with Crippen LogP contribution in [-0.2, 0) is 0 Å². The molecule has 2 aromatic rings. The third kappa shape index (κ3) is 2.93. The monoisotopic (exact) mass is 309 g/mol. The molecular formula is C13H16ClN5O2. The summed E-state index contributed by atoms with van der Waals surface area (Å²) in [6.07, 6.45) is 0. The van der Waals surface area contributed by atoms with Crippen LogP contribution in [0.2, 0.25) is 0 Å². The molecule has 1 fully saturated rings. The first kappa shape index (κ1) is 14.1. The quantitative estimate of drug-likeness (QED) is 0.529. The molecule has 0 bridgehead atoms. The minimum Gasteiger partial charge on any atom is -0.340 e. The Morgan fingerprint density at radius 2 is 2.10 bits per heavy atom. The Labute approximate surface area is 126 Å². The fraction of sp³-hybridized carbons (Fsp3) is 0.462. The molecule has 0 amide bonds. The lowest BCUT2D eigenvalue weighted by Crippen LogP contribution is -2.47. The van der Waals surface area contributed by atoms with Gasteiger partial charge in [-0.2, -0.15) is 0 Å². The number of imidazole rings is 1. The van der Waals surface area contributed by atoms with Crippen molar-refractivity contribution in [3.8, 4) is 0 Å². The highest BCUT2D eigenvalue weighted by Gasteiger charge is 2.19. The summed E-state index contributed by atoms with van der Waals surface area (Å²) in [7, 11) is 0. The number of benzene rings is 1. The molecule has 1 aromatic heterocycles. The molecule has 0 atom stereocenters. The number of nitrogens with one attached hydrogen (secondary N) is 1. The van der Waals surface area contributed by atoms with Gasteiger partial charge < -0.3 is 9.88 Å². The topological polar surface area (TPSA) is 78.3 Å². The molecule has 0 radical (unpaired) electrons. The molecule has 112 valence electrons. The van der Waals surface area contributed by atoms with Crippen LogP contribution >= 0.6 is 11.6 Å². The van der Waals surface area contributed by atoms with Crippen molar-refractivity contribution in [3.05, 3.63) is 28.3 Å². The highest BCUT2D eigenvalue weighted by atomic mass is 35.5. The standard InChI is InChI=1S/C13H16ClN5O2/c14-3-4-17-5-7-18(8-6-17)13-15-11-2-1-10(19(20)21)9-12(11)16-13/h1-2,9H,3-8H2,(H,15,16). The van der Waals surface area contributed by atoms with Gasteiger partial charge in [-0.05, 0) is 6.07 Å². The normalized spacial score (nSPS) is 16.5. The SMILES string of the molecule is O=[N+]([O-])c1ccc2nc(N3CCN(CCCl)CC3)[nH]c2c1. The van der Waals surface area contributed by atoms with Crippen molar-refractivity contribution in [2.45, 2.75) is 0 Å². The minimum atomic E-state index is -0.398. The second kappa shape index (κ2) is 5.87. The summed E-state index contributed by atoms with van der Waals surface area (Å²) in [4.78, 5) is 22.6. The molecule has 0 saturated carbocycles. The number of alkyl halides is 1. The zero-order chi connectivity index (χ0) is 14.8. The number of hydrogen-bond acceptors (Lipinski definition) is 5. The van der Waals surface area contributed by atoms with Gasteiger partial charge in [0.1, 0.15) is 0 Å². The van der Waals surface area contributed by atoms with Crippen molar-refractivity contribution in [3.63, 3.8) is 0 Å². The number of non-ortho nitro benzene ring substituents is 1. The lowest BCUT2D eigenvalue weighted by molar-refractivity contribution is -0.384. The van der Waals surface area contributed by atoms with Gasteiger partial charge in [0.2, 0.25) is 5.95 Å². The number of fused-ring (bicyclic) bond motifs is 1. The summed E-state index contributed by atoms with van der Waals surface area (Å²) in [5.74, 6) is 1.42. The van der Waals surface area contributed by atoms with Gasteiger partial charge in [0.25, 0.3) is 5.69 Å². The molecule has 3 rings (SSSR count). The van der Waals surface area contributed by atoms with Crippen molar-refractivity contribution in [1.82, 2.24) is 14.9 Å². The lowest BCUT2D eigenvalue weighted by atomic mass is 10.3. The van der Waals surface area contributed by atoms with Gasteiger partial charge in [-0.3, -0.25) is 15.0 Å². The molecule has 1 aromatic carbocycles. The third-order valence-corrected chi connectivity index (χ3v) is 3.91. The summed E-state index contributed by atoms with van der Waals surface area (Å²) in [5.41, 5.74) is 1.52.